The Labute approximate surface area is 121 Å². The van der Waals surface area contributed by atoms with E-state index < -0.39 is 18.0 Å². The zero-order chi connectivity index (χ0) is 15.6. The molecular formula is C13H17FN4O3. The minimum absolute atomic E-state index is 0.203. The number of ether oxygens (including phenoxy) is 1. The predicted octanol–water partition coefficient (Wildman–Crippen LogP) is 0.597. The summed E-state index contributed by atoms with van der Waals surface area (Å²) in [7, 11) is 1.52. The lowest BCUT2D eigenvalue weighted by atomic mass is 10.2. The van der Waals surface area contributed by atoms with Crippen molar-refractivity contribution in [3.8, 4) is 0 Å². The van der Waals surface area contributed by atoms with Gasteiger partial charge in [-0.15, -0.1) is 0 Å². The predicted molar refractivity (Wildman–Crippen MR) is 75.3 cm³/mol. The number of hydrogen-bond acceptors (Lipinski definition) is 5. The Morgan fingerprint density at radius 3 is 2.90 bits per heavy atom. The third-order valence-electron chi connectivity index (χ3n) is 3.08. The summed E-state index contributed by atoms with van der Waals surface area (Å²) in [5.74, 6) is 4.75. The zero-order valence-electron chi connectivity index (χ0n) is 11.8. The molecule has 0 saturated carbocycles. The molecule has 2 rings (SSSR count). The van der Waals surface area contributed by atoms with Crippen LogP contribution in [0.25, 0.3) is 0 Å². The average molecular weight is 296 g/mol. The molecule has 3 N–H and O–H groups in total. The van der Waals surface area contributed by atoms with Crippen LogP contribution in [0.1, 0.15) is 6.92 Å². The van der Waals surface area contributed by atoms with Gasteiger partial charge in [-0.25, -0.2) is 15.0 Å². The fourth-order valence-electron chi connectivity index (χ4n) is 2.05. The van der Waals surface area contributed by atoms with Crippen LogP contribution in [-0.4, -0.2) is 38.2 Å². The van der Waals surface area contributed by atoms with Crippen LogP contribution >= 0.6 is 0 Å². The monoisotopic (exact) mass is 296 g/mol. The highest BCUT2D eigenvalue weighted by Gasteiger charge is 2.32. The summed E-state index contributed by atoms with van der Waals surface area (Å²) in [6, 6.07) is 4.30. The summed E-state index contributed by atoms with van der Waals surface area (Å²) < 4.78 is 19.0. The summed E-state index contributed by atoms with van der Waals surface area (Å²) in [5.41, 5.74) is 0.606. The Hall–Kier alpha value is -2.35. The fourth-order valence-corrected chi connectivity index (χ4v) is 2.05. The molecule has 1 atom stereocenters. The Balaban J connectivity index is 2.10. The van der Waals surface area contributed by atoms with Gasteiger partial charge in [-0.3, -0.25) is 9.69 Å². The van der Waals surface area contributed by atoms with Crippen LogP contribution in [0, 0.1) is 5.82 Å². The number of carbonyl (C=O) groups excluding carboxylic acids is 2. The van der Waals surface area contributed by atoms with Gasteiger partial charge in [0.05, 0.1) is 24.5 Å². The Kier molecular flexibility index (Phi) is 4.27. The Morgan fingerprint density at radius 2 is 2.33 bits per heavy atom. The van der Waals surface area contributed by atoms with E-state index >= 15 is 0 Å². The standard InChI is InChI=1S/C13H17FN4O3/c1-8(19)16-6-10-7-18(13(20)21-10)9-3-4-12(17(2)15)11(14)5-9/h3-5,10H,6-7,15H2,1-2H3,(H,16,19). The third-order valence-corrected chi connectivity index (χ3v) is 3.08. The van der Waals surface area contributed by atoms with Crippen molar-refractivity contribution in [2.45, 2.75) is 13.0 Å². The van der Waals surface area contributed by atoms with E-state index in [0.29, 0.717) is 5.69 Å². The zero-order valence-corrected chi connectivity index (χ0v) is 11.8. The first kappa shape index (κ1) is 15.0. The van der Waals surface area contributed by atoms with Gasteiger partial charge < -0.3 is 15.1 Å². The van der Waals surface area contributed by atoms with Crippen molar-refractivity contribution < 1.29 is 18.7 Å². The van der Waals surface area contributed by atoms with Crippen molar-refractivity contribution in [3.63, 3.8) is 0 Å². The highest BCUT2D eigenvalue weighted by molar-refractivity contribution is 5.90. The van der Waals surface area contributed by atoms with Crippen molar-refractivity contribution in [1.82, 2.24) is 5.32 Å². The molecule has 1 unspecified atom stereocenters. The number of hydrogen-bond donors (Lipinski definition) is 2. The molecule has 2 amide bonds. The molecule has 114 valence electrons. The lowest BCUT2D eigenvalue weighted by Gasteiger charge is -2.17. The van der Waals surface area contributed by atoms with E-state index in [2.05, 4.69) is 5.32 Å². The van der Waals surface area contributed by atoms with Gasteiger partial charge in [-0.05, 0) is 18.2 Å². The SMILES string of the molecule is CC(=O)NCC1CN(c2ccc(N(C)N)c(F)c2)C(=O)O1. The Bertz CT molecular complexity index is 564. The van der Waals surface area contributed by atoms with Gasteiger partial charge in [0.25, 0.3) is 0 Å². The van der Waals surface area contributed by atoms with Gasteiger partial charge in [0.15, 0.2) is 0 Å². The smallest absolute Gasteiger partial charge is 0.414 e. The molecule has 1 saturated heterocycles. The van der Waals surface area contributed by atoms with Crippen LogP contribution in [0.4, 0.5) is 20.6 Å². The lowest BCUT2D eigenvalue weighted by molar-refractivity contribution is -0.119. The number of amides is 2. The first-order valence-corrected chi connectivity index (χ1v) is 6.39. The number of hydrazine groups is 1. The fraction of sp³-hybridized carbons (Fsp3) is 0.385. The summed E-state index contributed by atoms with van der Waals surface area (Å²) in [6.07, 6.45) is -1.03. The molecule has 0 bridgehead atoms. The molecule has 7 nitrogen and oxygen atoms in total. The Morgan fingerprint density at radius 1 is 1.62 bits per heavy atom. The molecule has 0 spiro atoms. The van der Waals surface area contributed by atoms with E-state index in [0.717, 1.165) is 5.01 Å². The van der Waals surface area contributed by atoms with E-state index in [4.69, 9.17) is 10.6 Å². The number of cyclic esters (lactones) is 1. The second-order valence-electron chi connectivity index (χ2n) is 4.80. The highest BCUT2D eigenvalue weighted by Crippen LogP contribution is 2.26. The maximum absolute atomic E-state index is 13.9. The molecule has 0 radical (unpaired) electrons. The lowest BCUT2D eigenvalue weighted by Crippen LogP contribution is -2.33. The summed E-state index contributed by atoms with van der Waals surface area (Å²) >= 11 is 0. The van der Waals surface area contributed by atoms with Gasteiger partial charge in [-0.1, -0.05) is 0 Å². The number of nitrogens with two attached hydrogens (primary N) is 1. The van der Waals surface area contributed by atoms with Crippen molar-refractivity contribution >= 4 is 23.4 Å². The van der Waals surface area contributed by atoms with Crippen molar-refractivity contribution in [1.29, 1.82) is 0 Å². The molecule has 0 aliphatic carbocycles. The molecule has 1 heterocycles. The largest absolute Gasteiger partial charge is 0.442 e. The van der Waals surface area contributed by atoms with E-state index in [-0.39, 0.29) is 24.7 Å². The third kappa shape index (κ3) is 3.40. The van der Waals surface area contributed by atoms with Crippen molar-refractivity contribution in [2.75, 3.05) is 30.0 Å². The van der Waals surface area contributed by atoms with Gasteiger partial charge >= 0.3 is 6.09 Å². The number of rotatable bonds is 4. The molecule has 0 aromatic heterocycles. The van der Waals surface area contributed by atoms with Crippen molar-refractivity contribution in [3.05, 3.63) is 24.0 Å². The van der Waals surface area contributed by atoms with Crippen LogP contribution < -0.4 is 21.1 Å². The van der Waals surface area contributed by atoms with Crippen LogP contribution in [0.5, 0.6) is 0 Å². The number of benzene rings is 1. The minimum Gasteiger partial charge on any atom is -0.442 e. The van der Waals surface area contributed by atoms with Crippen LogP contribution in [0.2, 0.25) is 0 Å². The second kappa shape index (κ2) is 5.96. The van der Waals surface area contributed by atoms with Gasteiger partial charge in [0.1, 0.15) is 11.9 Å². The average Bonchev–Trinajstić information content (AvgIpc) is 2.77. The molecule has 1 aliphatic rings. The normalized spacial score (nSPS) is 17.6. The highest BCUT2D eigenvalue weighted by atomic mass is 19.1. The molecule has 1 fully saturated rings. The minimum atomic E-state index is -0.571. The van der Waals surface area contributed by atoms with Gasteiger partial charge in [0, 0.05) is 14.0 Å². The first-order valence-electron chi connectivity index (χ1n) is 6.39. The second-order valence-corrected chi connectivity index (χ2v) is 4.80. The molecule has 21 heavy (non-hydrogen) atoms. The van der Waals surface area contributed by atoms with Crippen LogP contribution in [0.15, 0.2) is 18.2 Å². The number of carbonyl (C=O) groups is 2. The topological polar surface area (TPSA) is 87.9 Å². The summed E-state index contributed by atoms with van der Waals surface area (Å²) in [5, 5.41) is 3.73. The first-order chi connectivity index (χ1) is 9.88. The number of anilines is 2. The molecular weight excluding hydrogens is 279 g/mol. The van der Waals surface area contributed by atoms with Gasteiger partial charge in [0.2, 0.25) is 5.91 Å². The van der Waals surface area contributed by atoms with E-state index in [1.54, 1.807) is 6.07 Å². The number of nitrogens with one attached hydrogen (secondary N) is 1. The number of nitrogens with zero attached hydrogens (tertiary/aromatic N) is 2. The number of halogens is 1. The summed E-state index contributed by atoms with van der Waals surface area (Å²) in [6.45, 7) is 1.85. The van der Waals surface area contributed by atoms with Gasteiger partial charge in [-0.2, -0.15) is 0 Å². The molecule has 8 heteroatoms. The maximum atomic E-state index is 13.9. The van der Waals surface area contributed by atoms with E-state index in [9.17, 15) is 14.0 Å². The maximum Gasteiger partial charge on any atom is 0.414 e. The molecule has 1 aromatic carbocycles. The summed E-state index contributed by atoms with van der Waals surface area (Å²) in [4.78, 5) is 24.0. The van der Waals surface area contributed by atoms with E-state index in [1.165, 1.54) is 31.0 Å². The molecule has 1 aliphatic heterocycles. The van der Waals surface area contributed by atoms with E-state index in [1.807, 2.05) is 0 Å². The quantitative estimate of drug-likeness (QED) is 0.627. The van der Waals surface area contributed by atoms with Crippen LogP contribution in [-0.2, 0) is 9.53 Å². The van der Waals surface area contributed by atoms with Crippen molar-refractivity contribution in [2.24, 2.45) is 5.84 Å². The molecule has 1 aromatic rings. The van der Waals surface area contributed by atoms with Crippen LogP contribution in [0.3, 0.4) is 0 Å².